The third kappa shape index (κ3) is 3.94. The van der Waals surface area contributed by atoms with Crippen LogP contribution in [0, 0.1) is 6.92 Å². The molecule has 5 rings (SSSR count). The Kier molecular flexibility index (Phi) is 5.42. The van der Waals surface area contributed by atoms with Gasteiger partial charge in [-0.05, 0) is 26.0 Å². The van der Waals surface area contributed by atoms with E-state index in [2.05, 4.69) is 30.4 Å². The van der Waals surface area contributed by atoms with E-state index in [1.54, 1.807) is 32.0 Å². The molecule has 0 radical (unpaired) electrons. The van der Waals surface area contributed by atoms with E-state index in [-0.39, 0.29) is 41.3 Å². The van der Waals surface area contributed by atoms with Gasteiger partial charge in [-0.3, -0.25) is 4.79 Å². The molecule has 0 saturated carbocycles. The molecule has 0 saturated heterocycles. The molecule has 0 spiro atoms. The van der Waals surface area contributed by atoms with E-state index >= 15 is 0 Å². The highest BCUT2D eigenvalue weighted by molar-refractivity contribution is 6.11. The quantitative estimate of drug-likeness (QED) is 0.495. The maximum absolute atomic E-state index is 13.6. The van der Waals surface area contributed by atoms with Gasteiger partial charge >= 0.3 is 12.1 Å². The number of nitrogens with zero attached hydrogens (tertiary/aromatic N) is 6. The second-order valence-electron chi connectivity index (χ2n) is 8.80. The Labute approximate surface area is 205 Å². The maximum Gasteiger partial charge on any atom is 0.453 e. The van der Waals surface area contributed by atoms with Gasteiger partial charge in [0.05, 0.1) is 5.52 Å². The summed E-state index contributed by atoms with van der Waals surface area (Å²) in [5.74, 6) is -4.91. The molecule has 2 aliphatic rings. The predicted molar refractivity (Wildman–Crippen MR) is 119 cm³/mol. The number of aromatic nitrogens is 4. The molecule has 1 unspecified atom stereocenters. The first-order chi connectivity index (χ1) is 17.3. The van der Waals surface area contributed by atoms with Crippen molar-refractivity contribution in [2.24, 2.45) is 15.7 Å². The van der Waals surface area contributed by atoms with E-state index in [9.17, 15) is 26.7 Å². The number of hydrogen-bond donors (Lipinski definition) is 2. The van der Waals surface area contributed by atoms with Crippen LogP contribution < -0.4 is 11.1 Å². The predicted octanol–water partition coefficient (Wildman–Crippen LogP) is 2.96. The number of fused-ring (bicyclic) bond motifs is 1. The SMILES string of the molecule is Cc1noc(C2(C)C(=O)NC3=C2CC(N)=NC(c2nc(CCC(F)(F)C(F)(F)F)n4ccccc24)=N3)n1. The Bertz CT molecular complexity index is 1520. The van der Waals surface area contributed by atoms with Gasteiger partial charge in [0.25, 0.3) is 0 Å². The van der Waals surface area contributed by atoms with Crippen LogP contribution in [0.25, 0.3) is 5.52 Å². The topological polar surface area (TPSA) is 136 Å². The molecule has 5 heterocycles. The molecule has 15 heteroatoms. The summed E-state index contributed by atoms with van der Waals surface area (Å²) in [5, 5.41) is 6.42. The summed E-state index contributed by atoms with van der Waals surface area (Å²) in [7, 11) is 0. The third-order valence-corrected chi connectivity index (χ3v) is 6.27. The van der Waals surface area contributed by atoms with E-state index in [1.807, 2.05) is 0 Å². The number of rotatable bonds is 5. The molecule has 3 aromatic rings. The summed E-state index contributed by atoms with van der Waals surface area (Å²) in [5.41, 5.74) is 5.65. The van der Waals surface area contributed by atoms with Crippen molar-refractivity contribution >= 4 is 23.1 Å². The molecule has 2 aliphatic heterocycles. The molecule has 0 fully saturated rings. The van der Waals surface area contributed by atoms with Crippen LogP contribution in [0.15, 0.2) is 50.3 Å². The molecule has 37 heavy (non-hydrogen) atoms. The lowest BCUT2D eigenvalue weighted by Crippen LogP contribution is -2.37. The summed E-state index contributed by atoms with van der Waals surface area (Å²) >= 11 is 0. The van der Waals surface area contributed by atoms with Crippen LogP contribution in [0.3, 0.4) is 0 Å². The molecular formula is C22H19F5N8O2. The number of aryl methyl sites for hydroxylation is 2. The highest BCUT2D eigenvalue weighted by Crippen LogP contribution is 2.41. The fraction of sp³-hybridized carbons (Fsp3) is 0.364. The molecule has 0 aliphatic carbocycles. The number of halogens is 5. The third-order valence-electron chi connectivity index (χ3n) is 6.27. The van der Waals surface area contributed by atoms with E-state index in [4.69, 9.17) is 10.3 Å². The molecule has 3 aromatic heterocycles. The number of imidazole rings is 1. The van der Waals surface area contributed by atoms with E-state index in [1.165, 1.54) is 10.6 Å². The Morgan fingerprint density at radius 2 is 1.95 bits per heavy atom. The van der Waals surface area contributed by atoms with Crippen molar-refractivity contribution in [2.75, 3.05) is 0 Å². The summed E-state index contributed by atoms with van der Waals surface area (Å²) < 4.78 is 71.9. The van der Waals surface area contributed by atoms with Gasteiger partial charge in [-0.25, -0.2) is 15.0 Å². The zero-order valence-corrected chi connectivity index (χ0v) is 19.4. The molecule has 1 atom stereocenters. The first-order valence-electron chi connectivity index (χ1n) is 11.0. The standard InChI is InChI=1S/C22H19F5N8O2/c1-10-29-19(37-34-10)20(2)11-9-13(28)30-17(32-16(11)33-18(20)36)15-12-5-3-4-8-35(12)14(31-15)6-7-21(23,24)22(25,26)27/h3-5,8H,6-7,9H2,1-2H3,(H,33,36)(H2,28,30,32). The van der Waals surface area contributed by atoms with Gasteiger partial charge in [0.2, 0.25) is 11.8 Å². The average molecular weight is 522 g/mol. The number of amidine groups is 2. The van der Waals surface area contributed by atoms with E-state index < -0.39 is 36.3 Å². The Hall–Kier alpha value is -4.17. The lowest BCUT2D eigenvalue weighted by atomic mass is 9.81. The molecule has 1 amide bonds. The highest BCUT2D eigenvalue weighted by Gasteiger charge is 2.57. The number of carbonyl (C=O) groups excluding carboxylic acids is 1. The Morgan fingerprint density at radius 1 is 1.19 bits per heavy atom. The Morgan fingerprint density at radius 3 is 2.62 bits per heavy atom. The van der Waals surface area contributed by atoms with Crippen LogP contribution in [0.4, 0.5) is 22.0 Å². The number of hydrogen-bond acceptors (Lipinski definition) is 8. The van der Waals surface area contributed by atoms with Crippen molar-refractivity contribution in [1.82, 2.24) is 24.8 Å². The van der Waals surface area contributed by atoms with Gasteiger partial charge in [0.15, 0.2) is 17.1 Å². The monoisotopic (exact) mass is 522 g/mol. The van der Waals surface area contributed by atoms with Crippen molar-refractivity contribution in [3.05, 3.63) is 59.0 Å². The van der Waals surface area contributed by atoms with Crippen molar-refractivity contribution in [2.45, 2.75) is 50.6 Å². The van der Waals surface area contributed by atoms with Crippen LogP contribution in [0.2, 0.25) is 0 Å². The fourth-order valence-corrected chi connectivity index (χ4v) is 4.21. The van der Waals surface area contributed by atoms with Crippen LogP contribution in [0.5, 0.6) is 0 Å². The molecule has 0 bridgehead atoms. The van der Waals surface area contributed by atoms with Gasteiger partial charge in [0, 0.05) is 31.0 Å². The second kappa shape index (κ2) is 8.18. The zero-order chi connectivity index (χ0) is 26.8. The van der Waals surface area contributed by atoms with Gasteiger partial charge in [0.1, 0.15) is 23.2 Å². The van der Waals surface area contributed by atoms with Crippen molar-refractivity contribution in [3.8, 4) is 0 Å². The molecule has 3 N–H and O–H groups in total. The Balaban J connectivity index is 1.59. The number of alkyl halides is 5. The first-order valence-corrected chi connectivity index (χ1v) is 11.0. The molecule has 194 valence electrons. The summed E-state index contributed by atoms with van der Waals surface area (Å²) in [6.45, 7) is 3.18. The van der Waals surface area contributed by atoms with E-state index in [0.717, 1.165) is 0 Å². The van der Waals surface area contributed by atoms with Crippen molar-refractivity contribution < 1.29 is 31.3 Å². The summed E-state index contributed by atoms with van der Waals surface area (Å²) in [4.78, 5) is 30.2. The van der Waals surface area contributed by atoms with Gasteiger partial charge < -0.3 is 20.0 Å². The largest absolute Gasteiger partial charge is 0.453 e. The zero-order valence-electron chi connectivity index (χ0n) is 19.4. The molecule has 0 aromatic carbocycles. The van der Waals surface area contributed by atoms with E-state index in [0.29, 0.717) is 16.9 Å². The number of aliphatic imine (C=N–C) groups is 2. The second-order valence-corrected chi connectivity index (χ2v) is 8.80. The highest BCUT2D eigenvalue weighted by atomic mass is 19.4. The maximum atomic E-state index is 13.6. The van der Waals surface area contributed by atoms with Crippen LogP contribution >= 0.6 is 0 Å². The van der Waals surface area contributed by atoms with Crippen LogP contribution in [0.1, 0.15) is 43.0 Å². The lowest BCUT2D eigenvalue weighted by Gasteiger charge is -2.19. The van der Waals surface area contributed by atoms with Gasteiger partial charge in [-0.2, -0.15) is 26.9 Å². The van der Waals surface area contributed by atoms with Crippen LogP contribution in [-0.2, 0) is 16.6 Å². The number of carbonyl (C=O) groups is 1. The fourth-order valence-electron chi connectivity index (χ4n) is 4.21. The normalized spacial score (nSPS) is 20.6. The number of pyridine rings is 1. The summed E-state index contributed by atoms with van der Waals surface area (Å²) in [6.07, 6.45) is -6.36. The number of nitrogens with one attached hydrogen (secondary N) is 1. The smallest absolute Gasteiger partial charge is 0.387 e. The van der Waals surface area contributed by atoms with Gasteiger partial charge in [-0.15, -0.1) is 0 Å². The number of nitrogens with two attached hydrogens (primary N) is 1. The average Bonchev–Trinajstić information content (AvgIpc) is 3.45. The molecular weight excluding hydrogens is 503 g/mol. The minimum absolute atomic E-state index is 0.00937. The first kappa shape index (κ1) is 24.5. The molecule has 10 nitrogen and oxygen atoms in total. The van der Waals surface area contributed by atoms with Gasteiger partial charge in [-0.1, -0.05) is 11.2 Å². The van der Waals surface area contributed by atoms with Crippen LogP contribution in [-0.4, -0.2) is 49.2 Å². The minimum Gasteiger partial charge on any atom is -0.387 e. The number of amides is 1. The van der Waals surface area contributed by atoms with Crippen molar-refractivity contribution in [3.63, 3.8) is 0 Å². The minimum atomic E-state index is -5.68. The van der Waals surface area contributed by atoms with Crippen molar-refractivity contribution in [1.29, 1.82) is 0 Å². The lowest BCUT2D eigenvalue weighted by molar-refractivity contribution is -0.284. The summed E-state index contributed by atoms with van der Waals surface area (Å²) in [6, 6.07) is 4.79.